The van der Waals surface area contributed by atoms with Crippen LogP contribution in [0, 0.1) is 0 Å². The van der Waals surface area contributed by atoms with E-state index >= 15 is 0 Å². The van der Waals surface area contributed by atoms with Crippen LogP contribution in [0.25, 0.3) is 0 Å². The molecule has 0 N–H and O–H groups in total. The van der Waals surface area contributed by atoms with Crippen LogP contribution in [0.2, 0.25) is 12.1 Å². The van der Waals surface area contributed by atoms with Gasteiger partial charge in [0.15, 0.2) is 0 Å². The Morgan fingerprint density at radius 3 is 2.10 bits per heavy atom. The van der Waals surface area contributed by atoms with Crippen molar-refractivity contribution < 1.29 is 4.65 Å². The van der Waals surface area contributed by atoms with E-state index in [1.165, 1.54) is 6.42 Å². The highest BCUT2D eigenvalue weighted by Gasteiger charge is 2.28. The predicted molar refractivity (Wildman–Crippen MR) is 47.6 cm³/mol. The van der Waals surface area contributed by atoms with Crippen molar-refractivity contribution in [2.75, 3.05) is 6.61 Å². The van der Waals surface area contributed by atoms with Gasteiger partial charge < -0.3 is 4.65 Å². The molecule has 0 aliphatic rings. The lowest BCUT2D eigenvalue weighted by Gasteiger charge is -2.26. The fourth-order valence-corrected chi connectivity index (χ4v) is 0.763. The Morgan fingerprint density at radius 2 is 1.80 bits per heavy atom. The van der Waals surface area contributed by atoms with Gasteiger partial charge in [-0.25, -0.2) is 0 Å². The normalized spacial score (nSPS) is 11.7. The second-order valence-corrected chi connectivity index (χ2v) is 3.44. The molecule has 0 fully saturated rings. The van der Waals surface area contributed by atoms with E-state index in [0.717, 1.165) is 6.61 Å². The van der Waals surface area contributed by atoms with Crippen molar-refractivity contribution in [1.29, 1.82) is 0 Å². The van der Waals surface area contributed by atoms with E-state index in [4.69, 9.17) is 4.65 Å². The molecule has 0 radical (unpaired) electrons. The maximum Gasteiger partial charge on any atom is 0.295 e. The minimum absolute atomic E-state index is 0.329. The molecule has 2 heteroatoms. The highest BCUT2D eigenvalue weighted by Crippen LogP contribution is 2.32. The molecule has 0 aromatic carbocycles. The Bertz CT molecular complexity index is 91.3. The minimum Gasteiger partial charge on any atom is -0.436 e. The van der Waals surface area contributed by atoms with Crippen LogP contribution in [-0.4, -0.2) is 13.5 Å². The molecular formula is C8H19BO. The Labute approximate surface area is 65.3 Å². The first kappa shape index (κ1) is 10.0. The van der Waals surface area contributed by atoms with Crippen LogP contribution in [0.15, 0.2) is 0 Å². The van der Waals surface area contributed by atoms with Gasteiger partial charge in [-0.15, -0.1) is 0 Å². The summed E-state index contributed by atoms with van der Waals surface area (Å²) >= 11 is 0. The minimum atomic E-state index is 0.329. The summed E-state index contributed by atoms with van der Waals surface area (Å²) in [6.45, 7) is 12.1. The highest BCUT2D eigenvalue weighted by atomic mass is 16.4. The predicted octanol–water partition coefficient (Wildman–Crippen LogP) is 2.83. The lowest BCUT2D eigenvalue weighted by molar-refractivity contribution is 0.321. The summed E-state index contributed by atoms with van der Waals surface area (Å²) < 4.78 is 5.50. The van der Waals surface area contributed by atoms with Gasteiger partial charge in [-0.05, 0) is 12.2 Å². The molecule has 0 saturated carbocycles. The Hall–Kier alpha value is 0.0249. The van der Waals surface area contributed by atoms with Crippen LogP contribution in [0.1, 0.15) is 34.1 Å². The SMILES string of the molecule is CCOB(C)C(C)(C)CC. The van der Waals surface area contributed by atoms with Crippen LogP contribution < -0.4 is 0 Å². The van der Waals surface area contributed by atoms with Crippen molar-refractivity contribution in [3.63, 3.8) is 0 Å². The van der Waals surface area contributed by atoms with Gasteiger partial charge in [-0.1, -0.05) is 34.0 Å². The molecule has 0 aliphatic heterocycles. The summed E-state index contributed by atoms with van der Waals surface area (Å²) in [5.74, 6) is 0. The standard InChI is InChI=1S/C8H19BO/c1-6-8(3,4)9(5)10-7-2/h6-7H2,1-5H3. The third-order valence-electron chi connectivity index (χ3n) is 2.43. The van der Waals surface area contributed by atoms with E-state index in [9.17, 15) is 0 Å². The molecule has 10 heavy (non-hydrogen) atoms. The van der Waals surface area contributed by atoms with Crippen molar-refractivity contribution in [1.82, 2.24) is 0 Å². The third kappa shape index (κ3) is 2.74. The fraction of sp³-hybridized carbons (Fsp3) is 1.00. The molecule has 0 aliphatic carbocycles. The van der Waals surface area contributed by atoms with E-state index < -0.39 is 0 Å². The van der Waals surface area contributed by atoms with Crippen molar-refractivity contribution in [2.24, 2.45) is 0 Å². The zero-order valence-corrected chi connectivity index (χ0v) is 7.90. The van der Waals surface area contributed by atoms with Crippen molar-refractivity contribution in [2.45, 2.75) is 46.3 Å². The first-order valence-electron chi connectivity index (χ1n) is 4.16. The zero-order valence-electron chi connectivity index (χ0n) is 7.90. The number of hydrogen-bond acceptors (Lipinski definition) is 1. The summed E-state index contributed by atoms with van der Waals surface area (Å²) in [5.41, 5.74) is 0. The van der Waals surface area contributed by atoms with E-state index in [0.29, 0.717) is 12.2 Å². The lowest BCUT2D eigenvalue weighted by Crippen LogP contribution is -2.27. The van der Waals surface area contributed by atoms with Crippen LogP contribution in [0.5, 0.6) is 0 Å². The van der Waals surface area contributed by atoms with E-state index in [1.54, 1.807) is 0 Å². The number of hydrogen-bond donors (Lipinski definition) is 0. The topological polar surface area (TPSA) is 9.23 Å². The number of rotatable bonds is 4. The second-order valence-electron chi connectivity index (χ2n) is 3.44. The maximum absolute atomic E-state index is 5.50. The summed E-state index contributed by atoms with van der Waals surface area (Å²) in [5, 5.41) is 0.329. The Balaban J connectivity index is 3.78. The maximum atomic E-state index is 5.50. The lowest BCUT2D eigenvalue weighted by atomic mass is 9.47. The molecule has 0 unspecified atom stereocenters. The molecule has 0 saturated heterocycles. The van der Waals surface area contributed by atoms with Crippen LogP contribution in [-0.2, 0) is 4.65 Å². The van der Waals surface area contributed by atoms with Gasteiger partial charge in [0.05, 0.1) is 0 Å². The fourth-order valence-electron chi connectivity index (χ4n) is 0.763. The van der Waals surface area contributed by atoms with Gasteiger partial charge in [0.1, 0.15) is 0 Å². The van der Waals surface area contributed by atoms with Crippen LogP contribution >= 0.6 is 0 Å². The molecule has 0 spiro atoms. The molecule has 0 heterocycles. The molecule has 0 amide bonds. The molecule has 60 valence electrons. The highest BCUT2D eigenvalue weighted by molar-refractivity contribution is 6.53. The molecule has 1 nitrogen and oxygen atoms in total. The third-order valence-corrected chi connectivity index (χ3v) is 2.43. The molecule has 0 bridgehead atoms. The van der Waals surface area contributed by atoms with Crippen LogP contribution in [0.4, 0.5) is 0 Å². The summed E-state index contributed by atoms with van der Waals surface area (Å²) in [7, 11) is 0. The molecule has 0 aromatic heterocycles. The quantitative estimate of drug-likeness (QED) is 0.548. The van der Waals surface area contributed by atoms with E-state index in [1.807, 2.05) is 6.92 Å². The molecule has 0 rings (SSSR count). The average molecular weight is 142 g/mol. The Morgan fingerprint density at radius 1 is 1.30 bits per heavy atom. The largest absolute Gasteiger partial charge is 0.436 e. The van der Waals surface area contributed by atoms with Crippen molar-refractivity contribution in [3.8, 4) is 0 Å². The van der Waals surface area contributed by atoms with Crippen molar-refractivity contribution >= 4 is 6.92 Å². The molecular weight excluding hydrogens is 123 g/mol. The molecule has 0 atom stereocenters. The summed E-state index contributed by atoms with van der Waals surface area (Å²) in [6, 6.07) is 0. The average Bonchev–Trinajstić information content (AvgIpc) is 1.89. The van der Waals surface area contributed by atoms with Gasteiger partial charge in [-0.2, -0.15) is 0 Å². The van der Waals surface area contributed by atoms with Gasteiger partial charge in [0, 0.05) is 6.61 Å². The zero-order chi connectivity index (χ0) is 8.20. The first-order chi connectivity index (χ1) is 4.54. The first-order valence-corrected chi connectivity index (χ1v) is 4.16. The van der Waals surface area contributed by atoms with Gasteiger partial charge in [0.2, 0.25) is 0 Å². The molecule has 0 aromatic rings. The summed E-state index contributed by atoms with van der Waals surface area (Å²) in [4.78, 5) is 0. The van der Waals surface area contributed by atoms with E-state index in [-0.39, 0.29) is 0 Å². The van der Waals surface area contributed by atoms with Gasteiger partial charge in [-0.3, -0.25) is 0 Å². The van der Waals surface area contributed by atoms with E-state index in [2.05, 4.69) is 27.6 Å². The monoisotopic (exact) mass is 142 g/mol. The van der Waals surface area contributed by atoms with Gasteiger partial charge >= 0.3 is 0 Å². The summed E-state index contributed by atoms with van der Waals surface area (Å²) in [6.07, 6.45) is 1.17. The van der Waals surface area contributed by atoms with Crippen LogP contribution in [0.3, 0.4) is 0 Å². The van der Waals surface area contributed by atoms with Gasteiger partial charge in [0.25, 0.3) is 6.92 Å². The van der Waals surface area contributed by atoms with Crippen molar-refractivity contribution in [3.05, 3.63) is 0 Å². The Kier molecular flexibility index (Phi) is 4.03. The smallest absolute Gasteiger partial charge is 0.295 e. The second kappa shape index (κ2) is 4.02.